The minimum absolute atomic E-state index is 0.619. The van der Waals surface area contributed by atoms with E-state index in [9.17, 15) is 5.11 Å². The van der Waals surface area contributed by atoms with Crippen LogP contribution in [0.25, 0.3) is 32.8 Å². The van der Waals surface area contributed by atoms with E-state index < -0.39 is 5.60 Å². The number of thiophene rings is 1. The van der Waals surface area contributed by atoms with Crippen LogP contribution >= 0.6 is 11.3 Å². The van der Waals surface area contributed by atoms with Gasteiger partial charge in [0.2, 0.25) is 0 Å². The van der Waals surface area contributed by atoms with E-state index in [2.05, 4.69) is 19.9 Å². The first kappa shape index (κ1) is 19.3. The summed E-state index contributed by atoms with van der Waals surface area (Å²) in [6.45, 7) is 10.4. The van der Waals surface area contributed by atoms with Crippen molar-refractivity contribution in [2.24, 2.45) is 0 Å². The van der Waals surface area contributed by atoms with Crippen molar-refractivity contribution in [3.8, 4) is 11.4 Å². The largest absolute Gasteiger partial charge is 0.385 e. The first-order valence-corrected chi connectivity index (χ1v) is 10.8. The fraction of sp³-hybridized carbons (Fsp3) is 0.429. The Morgan fingerprint density at radius 2 is 1.93 bits per heavy atom. The third-order valence-corrected chi connectivity index (χ3v) is 6.92. The summed E-state index contributed by atoms with van der Waals surface area (Å²) in [7, 11) is 0. The van der Waals surface area contributed by atoms with Crippen LogP contribution in [0.4, 0.5) is 5.82 Å². The minimum Gasteiger partial charge on any atom is -0.385 e. The highest BCUT2D eigenvalue weighted by atomic mass is 32.1. The third-order valence-electron chi connectivity index (χ3n) is 5.33. The highest BCUT2D eigenvalue weighted by Crippen LogP contribution is 2.41. The van der Waals surface area contributed by atoms with Crippen LogP contribution in [0.3, 0.4) is 0 Å². The molecule has 0 spiro atoms. The van der Waals surface area contributed by atoms with E-state index in [0.717, 1.165) is 56.5 Å². The van der Waals surface area contributed by atoms with Crippen molar-refractivity contribution >= 4 is 38.5 Å². The number of hydrogen-bond donors (Lipinski definition) is 2. The maximum atomic E-state index is 10.7. The van der Waals surface area contributed by atoms with Gasteiger partial charge in [-0.25, -0.2) is 19.9 Å². The van der Waals surface area contributed by atoms with Crippen LogP contribution in [-0.4, -0.2) is 56.3 Å². The summed E-state index contributed by atoms with van der Waals surface area (Å²) in [6.07, 6.45) is 1.77. The molecule has 5 rings (SSSR count). The number of nitrogens with one attached hydrogen (secondary N) is 1. The van der Waals surface area contributed by atoms with Gasteiger partial charge in [0, 0.05) is 29.7 Å². The number of morpholine rings is 1. The Kier molecular flexibility index (Phi) is 4.49. The monoisotopic (exact) mass is 424 g/mol. The molecule has 0 bridgehead atoms. The molecule has 5 heterocycles. The number of anilines is 1. The van der Waals surface area contributed by atoms with Gasteiger partial charge in [-0.3, -0.25) is 0 Å². The smallest absolute Gasteiger partial charge is 0.177 e. The molecule has 156 valence electrons. The number of aromatic nitrogens is 5. The summed E-state index contributed by atoms with van der Waals surface area (Å²) in [5, 5.41) is 10.7. The van der Waals surface area contributed by atoms with Crippen molar-refractivity contribution in [2.45, 2.75) is 33.3 Å². The third kappa shape index (κ3) is 3.23. The molecule has 0 radical (unpaired) electrons. The minimum atomic E-state index is -0.939. The molecule has 8 nitrogen and oxygen atoms in total. The Bertz CT molecular complexity index is 1250. The van der Waals surface area contributed by atoms with Crippen molar-refractivity contribution in [1.82, 2.24) is 24.9 Å². The molecule has 1 aliphatic heterocycles. The van der Waals surface area contributed by atoms with E-state index in [1.54, 1.807) is 17.5 Å². The average molecular weight is 425 g/mol. The number of ether oxygens (including phenoxy) is 1. The molecule has 9 heteroatoms. The van der Waals surface area contributed by atoms with E-state index in [-0.39, 0.29) is 0 Å². The zero-order valence-electron chi connectivity index (χ0n) is 17.5. The van der Waals surface area contributed by atoms with Crippen molar-refractivity contribution < 1.29 is 9.84 Å². The Hall–Kier alpha value is -2.62. The van der Waals surface area contributed by atoms with Crippen LogP contribution in [0.2, 0.25) is 0 Å². The average Bonchev–Trinajstić information content (AvgIpc) is 3.26. The van der Waals surface area contributed by atoms with Crippen molar-refractivity contribution in [2.75, 3.05) is 31.2 Å². The topological polar surface area (TPSA) is 100 Å². The van der Waals surface area contributed by atoms with Crippen molar-refractivity contribution in [3.63, 3.8) is 0 Å². The lowest BCUT2D eigenvalue weighted by Crippen LogP contribution is -2.36. The molecule has 4 aromatic heterocycles. The molecule has 1 aliphatic rings. The highest BCUT2D eigenvalue weighted by molar-refractivity contribution is 7.20. The molecule has 4 aromatic rings. The predicted molar refractivity (Wildman–Crippen MR) is 118 cm³/mol. The fourth-order valence-electron chi connectivity index (χ4n) is 3.92. The molecule has 0 aromatic carbocycles. The Labute approximate surface area is 178 Å². The molecule has 0 saturated carbocycles. The summed E-state index contributed by atoms with van der Waals surface area (Å²) < 4.78 is 6.54. The Balaban J connectivity index is 1.74. The first-order chi connectivity index (χ1) is 14.3. The van der Waals surface area contributed by atoms with Crippen LogP contribution in [0.15, 0.2) is 12.3 Å². The summed E-state index contributed by atoms with van der Waals surface area (Å²) in [4.78, 5) is 25.1. The second-order valence-electron chi connectivity index (χ2n) is 8.18. The van der Waals surface area contributed by atoms with Crippen molar-refractivity contribution in [1.29, 1.82) is 0 Å². The molecule has 0 amide bonds. The quantitative estimate of drug-likeness (QED) is 0.520. The van der Waals surface area contributed by atoms with E-state index in [0.29, 0.717) is 24.7 Å². The van der Waals surface area contributed by atoms with E-state index in [1.165, 1.54) is 0 Å². The van der Waals surface area contributed by atoms with Gasteiger partial charge in [0.15, 0.2) is 17.3 Å². The molecule has 1 fully saturated rings. The van der Waals surface area contributed by atoms with E-state index in [1.807, 2.05) is 33.8 Å². The van der Waals surface area contributed by atoms with Gasteiger partial charge in [-0.15, -0.1) is 11.3 Å². The van der Waals surface area contributed by atoms with Gasteiger partial charge in [0.1, 0.15) is 5.82 Å². The van der Waals surface area contributed by atoms with Gasteiger partial charge in [-0.1, -0.05) is 0 Å². The maximum Gasteiger partial charge on any atom is 0.177 e. The van der Waals surface area contributed by atoms with Gasteiger partial charge in [-0.2, -0.15) is 0 Å². The molecule has 30 heavy (non-hydrogen) atoms. The Morgan fingerprint density at radius 3 is 2.67 bits per heavy atom. The summed E-state index contributed by atoms with van der Waals surface area (Å²) in [6, 6.07) is 1.99. The SMILES string of the molecule is Cc1nc2ncc(-c3nc(N4CCOCC4)c4sc(C(C)(C)O)c(C)c4n3)cc2[nH]1. The standard InChI is InChI=1S/C21H24N6O2S/c1-11-15-16(30-17(11)21(3,4)28)20(27-5-7-29-8-6-27)26-18(25-15)13-9-14-19(22-10-13)24-12(2)23-14/h9-10,28H,5-8H2,1-4H3,(H,22,23,24). The second kappa shape index (κ2) is 6.97. The number of aromatic amines is 1. The predicted octanol–water partition coefficient (Wildman–Crippen LogP) is 3.31. The molecule has 0 aliphatic carbocycles. The van der Waals surface area contributed by atoms with Crippen LogP contribution in [-0.2, 0) is 10.3 Å². The number of nitrogens with zero attached hydrogens (tertiary/aromatic N) is 5. The first-order valence-electron chi connectivity index (χ1n) is 10.0. The number of aliphatic hydroxyl groups is 1. The van der Waals surface area contributed by atoms with Crippen LogP contribution in [0, 0.1) is 13.8 Å². The second-order valence-corrected chi connectivity index (χ2v) is 9.20. The number of aryl methyl sites for hydroxylation is 2. The number of rotatable bonds is 3. The molecule has 2 N–H and O–H groups in total. The van der Waals surface area contributed by atoms with Gasteiger partial charge >= 0.3 is 0 Å². The lowest BCUT2D eigenvalue weighted by Gasteiger charge is -2.28. The molecule has 0 unspecified atom stereocenters. The van der Waals surface area contributed by atoms with Crippen molar-refractivity contribution in [3.05, 3.63) is 28.5 Å². The van der Waals surface area contributed by atoms with Crippen LogP contribution < -0.4 is 4.90 Å². The summed E-state index contributed by atoms with van der Waals surface area (Å²) in [5.41, 5.74) is 3.31. The molecule has 1 saturated heterocycles. The lowest BCUT2D eigenvalue weighted by atomic mass is 10.0. The lowest BCUT2D eigenvalue weighted by molar-refractivity contribution is 0.0820. The zero-order chi connectivity index (χ0) is 21.0. The Morgan fingerprint density at radius 1 is 1.17 bits per heavy atom. The normalized spacial score (nSPS) is 15.4. The molecule has 0 atom stereocenters. The number of H-pyrrole nitrogens is 1. The summed E-state index contributed by atoms with van der Waals surface area (Å²) >= 11 is 1.57. The zero-order valence-corrected chi connectivity index (χ0v) is 18.3. The number of imidazole rings is 1. The van der Waals surface area contributed by atoms with Gasteiger partial charge < -0.3 is 19.7 Å². The highest BCUT2D eigenvalue weighted by Gasteiger charge is 2.27. The van der Waals surface area contributed by atoms with Gasteiger partial charge in [0.25, 0.3) is 0 Å². The van der Waals surface area contributed by atoms with E-state index in [4.69, 9.17) is 14.7 Å². The number of fused-ring (bicyclic) bond motifs is 2. The van der Waals surface area contributed by atoms with E-state index >= 15 is 0 Å². The van der Waals surface area contributed by atoms with Gasteiger partial charge in [-0.05, 0) is 39.3 Å². The number of hydrogen-bond acceptors (Lipinski definition) is 8. The van der Waals surface area contributed by atoms with Crippen LogP contribution in [0.5, 0.6) is 0 Å². The molecular formula is C21H24N6O2S. The van der Waals surface area contributed by atoms with Gasteiger partial charge in [0.05, 0.1) is 34.5 Å². The molecular weight excluding hydrogens is 400 g/mol. The summed E-state index contributed by atoms with van der Waals surface area (Å²) in [5.74, 6) is 2.33. The number of pyridine rings is 1. The van der Waals surface area contributed by atoms with Crippen LogP contribution in [0.1, 0.15) is 30.1 Å². The fourth-order valence-corrected chi connectivity index (χ4v) is 5.18. The maximum absolute atomic E-state index is 10.7.